The first-order chi connectivity index (χ1) is 18.6. The number of aryl methyl sites for hydroxylation is 1. The molecule has 7 nitrogen and oxygen atoms in total. The van der Waals surface area contributed by atoms with E-state index in [-0.39, 0.29) is 23.4 Å². The van der Waals surface area contributed by atoms with Crippen molar-refractivity contribution in [2.24, 2.45) is 0 Å². The summed E-state index contributed by atoms with van der Waals surface area (Å²) in [7, 11) is -4.08. The number of nitrogens with one attached hydrogen (secondary N) is 1. The highest BCUT2D eigenvalue weighted by molar-refractivity contribution is 9.10. The van der Waals surface area contributed by atoms with E-state index in [1.54, 1.807) is 37.3 Å². The van der Waals surface area contributed by atoms with Crippen LogP contribution in [0.5, 0.6) is 0 Å². The van der Waals surface area contributed by atoms with Crippen LogP contribution in [0.15, 0.2) is 88.2 Å². The van der Waals surface area contributed by atoms with Gasteiger partial charge in [-0.2, -0.15) is 0 Å². The van der Waals surface area contributed by atoms with Crippen molar-refractivity contribution in [1.82, 2.24) is 10.2 Å². The predicted molar refractivity (Wildman–Crippen MR) is 159 cm³/mol. The molecule has 0 spiro atoms. The quantitative estimate of drug-likeness (QED) is 0.291. The molecule has 0 fully saturated rings. The number of anilines is 1. The zero-order chi connectivity index (χ0) is 28.6. The molecule has 0 aliphatic carbocycles. The first kappa shape index (κ1) is 30.4. The van der Waals surface area contributed by atoms with Gasteiger partial charge in [0.1, 0.15) is 12.6 Å². The number of halogens is 1. The second kappa shape index (κ2) is 13.8. The molecule has 0 aromatic heterocycles. The third-order valence-electron chi connectivity index (χ3n) is 6.69. The molecular formula is C30H36BrN3O4S. The fourth-order valence-electron chi connectivity index (χ4n) is 4.12. The highest BCUT2D eigenvalue weighted by Crippen LogP contribution is 2.28. The van der Waals surface area contributed by atoms with Crippen molar-refractivity contribution >= 4 is 43.5 Å². The second-order valence-electron chi connectivity index (χ2n) is 9.45. The van der Waals surface area contributed by atoms with Crippen LogP contribution < -0.4 is 9.62 Å². The maximum Gasteiger partial charge on any atom is 0.264 e. The normalized spacial score (nSPS) is 12.8. The van der Waals surface area contributed by atoms with E-state index >= 15 is 0 Å². The lowest BCUT2D eigenvalue weighted by Gasteiger charge is -2.33. The van der Waals surface area contributed by atoms with Gasteiger partial charge in [-0.15, -0.1) is 0 Å². The third-order valence-corrected chi connectivity index (χ3v) is 8.99. The molecule has 0 radical (unpaired) electrons. The van der Waals surface area contributed by atoms with E-state index in [9.17, 15) is 18.0 Å². The van der Waals surface area contributed by atoms with E-state index in [1.165, 1.54) is 17.0 Å². The number of para-hydroxylation sites is 1. The lowest BCUT2D eigenvalue weighted by atomic mass is 10.1. The van der Waals surface area contributed by atoms with E-state index < -0.39 is 28.5 Å². The Bertz CT molecular complexity index is 1360. The van der Waals surface area contributed by atoms with Gasteiger partial charge in [-0.3, -0.25) is 13.9 Å². The number of sulfonamides is 1. The molecule has 0 aliphatic heterocycles. The summed E-state index contributed by atoms with van der Waals surface area (Å²) in [5.41, 5.74) is 2.06. The largest absolute Gasteiger partial charge is 0.352 e. The summed E-state index contributed by atoms with van der Waals surface area (Å²) in [6.07, 6.45) is 1.33. The topological polar surface area (TPSA) is 86.8 Å². The minimum atomic E-state index is -4.08. The van der Waals surface area contributed by atoms with Crippen LogP contribution in [-0.4, -0.2) is 43.8 Å². The molecule has 39 heavy (non-hydrogen) atoms. The minimum absolute atomic E-state index is 0.0593. The minimum Gasteiger partial charge on any atom is -0.352 e. The van der Waals surface area contributed by atoms with Gasteiger partial charge in [-0.05, 0) is 68.1 Å². The van der Waals surface area contributed by atoms with E-state index in [2.05, 4.69) is 21.2 Å². The molecule has 208 valence electrons. The molecule has 0 heterocycles. The number of amides is 2. The van der Waals surface area contributed by atoms with Gasteiger partial charge < -0.3 is 10.2 Å². The van der Waals surface area contributed by atoms with Gasteiger partial charge in [0.05, 0.1) is 10.6 Å². The van der Waals surface area contributed by atoms with E-state index in [1.807, 2.05) is 57.2 Å². The molecule has 1 N–H and O–H groups in total. The molecule has 0 bridgehead atoms. The van der Waals surface area contributed by atoms with Gasteiger partial charge in [-0.1, -0.05) is 78.3 Å². The van der Waals surface area contributed by atoms with Crippen LogP contribution in [0.25, 0.3) is 0 Å². The first-order valence-electron chi connectivity index (χ1n) is 13.1. The van der Waals surface area contributed by atoms with Crippen molar-refractivity contribution in [2.75, 3.05) is 10.8 Å². The van der Waals surface area contributed by atoms with E-state index in [0.29, 0.717) is 12.1 Å². The van der Waals surface area contributed by atoms with Crippen LogP contribution >= 0.6 is 15.9 Å². The average molecular weight is 615 g/mol. The number of carbonyl (C=O) groups excluding carboxylic acids is 2. The summed E-state index contributed by atoms with van der Waals surface area (Å²) >= 11 is 3.43. The zero-order valence-electron chi connectivity index (χ0n) is 22.8. The Labute approximate surface area is 240 Å². The Kier molecular flexibility index (Phi) is 10.7. The maximum atomic E-state index is 14.0. The van der Waals surface area contributed by atoms with Gasteiger partial charge in [-0.25, -0.2) is 8.42 Å². The van der Waals surface area contributed by atoms with Gasteiger partial charge in [0, 0.05) is 17.1 Å². The van der Waals surface area contributed by atoms with Crippen LogP contribution in [-0.2, 0) is 32.6 Å². The summed E-state index contributed by atoms with van der Waals surface area (Å²) in [6, 6.07) is 21.8. The number of hydrogen-bond donors (Lipinski definition) is 1. The fourth-order valence-corrected chi connectivity index (χ4v) is 5.86. The van der Waals surface area contributed by atoms with Crippen LogP contribution in [0, 0.1) is 0 Å². The van der Waals surface area contributed by atoms with Gasteiger partial charge in [0.15, 0.2) is 0 Å². The first-order valence-corrected chi connectivity index (χ1v) is 15.3. The monoisotopic (exact) mass is 613 g/mol. The Morgan fingerprint density at radius 1 is 0.897 bits per heavy atom. The van der Waals surface area contributed by atoms with Crippen molar-refractivity contribution in [3.05, 3.63) is 94.5 Å². The molecule has 0 saturated heterocycles. The van der Waals surface area contributed by atoms with Crippen molar-refractivity contribution in [2.45, 2.75) is 64.1 Å². The summed E-state index contributed by atoms with van der Waals surface area (Å²) in [6.45, 7) is 7.18. The van der Waals surface area contributed by atoms with Crippen LogP contribution in [0.2, 0.25) is 0 Å². The smallest absolute Gasteiger partial charge is 0.264 e. The highest BCUT2D eigenvalue weighted by Gasteiger charge is 2.33. The molecule has 0 saturated carbocycles. The van der Waals surface area contributed by atoms with Gasteiger partial charge in [0.25, 0.3) is 10.0 Å². The van der Waals surface area contributed by atoms with Crippen LogP contribution in [0.4, 0.5) is 5.69 Å². The van der Waals surface area contributed by atoms with Crippen molar-refractivity contribution in [1.29, 1.82) is 0 Å². The fraction of sp³-hybridized carbons (Fsp3) is 0.333. The van der Waals surface area contributed by atoms with Crippen LogP contribution in [0.1, 0.15) is 45.2 Å². The molecular weight excluding hydrogens is 578 g/mol. The summed E-state index contributed by atoms with van der Waals surface area (Å²) in [4.78, 5) is 28.7. The number of rotatable bonds is 12. The predicted octanol–water partition coefficient (Wildman–Crippen LogP) is 5.54. The Hall–Kier alpha value is -3.17. The van der Waals surface area contributed by atoms with E-state index in [4.69, 9.17) is 0 Å². The van der Waals surface area contributed by atoms with Crippen molar-refractivity contribution in [3.8, 4) is 0 Å². The molecule has 3 aromatic carbocycles. The highest BCUT2D eigenvalue weighted by atomic mass is 79.9. The summed E-state index contributed by atoms with van der Waals surface area (Å²) in [5.74, 6) is -0.767. The van der Waals surface area contributed by atoms with E-state index in [0.717, 1.165) is 26.3 Å². The third kappa shape index (κ3) is 7.70. The molecule has 3 rings (SSSR count). The molecule has 0 aliphatic rings. The van der Waals surface area contributed by atoms with Crippen molar-refractivity contribution < 1.29 is 18.0 Å². The van der Waals surface area contributed by atoms with Gasteiger partial charge >= 0.3 is 0 Å². The summed E-state index contributed by atoms with van der Waals surface area (Å²) < 4.78 is 29.9. The molecule has 0 unspecified atom stereocenters. The van der Waals surface area contributed by atoms with Gasteiger partial charge in [0.2, 0.25) is 11.8 Å². The molecule has 9 heteroatoms. The number of hydrogen-bond acceptors (Lipinski definition) is 4. The second-order valence-corrected chi connectivity index (χ2v) is 12.2. The summed E-state index contributed by atoms with van der Waals surface area (Å²) in [5, 5.41) is 2.95. The maximum absolute atomic E-state index is 14.0. The lowest BCUT2D eigenvalue weighted by Crippen LogP contribution is -2.52. The zero-order valence-corrected chi connectivity index (χ0v) is 25.2. The Balaban J connectivity index is 2.04. The molecule has 3 aromatic rings. The Morgan fingerprint density at radius 2 is 1.51 bits per heavy atom. The lowest BCUT2D eigenvalue weighted by molar-refractivity contribution is -0.139. The number of nitrogens with zero attached hydrogens (tertiary/aromatic N) is 2. The van der Waals surface area contributed by atoms with Crippen molar-refractivity contribution in [3.63, 3.8) is 0 Å². The molecule has 2 atom stereocenters. The number of carbonyl (C=O) groups is 2. The standard InChI is InChI=1S/C30H36BrN3O4S/c1-5-22(3)32-30(36)23(4)33(20-24-16-18-26(31)19-17-24)29(35)21-34(28-15-11-10-12-25(28)6-2)39(37,38)27-13-8-7-9-14-27/h7-19,22-23H,5-6,20-21H2,1-4H3,(H,32,36)/t22-,23-/m1/s1. The number of benzene rings is 3. The SMILES string of the molecule is CCc1ccccc1N(CC(=O)N(Cc1ccc(Br)cc1)[C@H](C)C(=O)N[C@H](C)CC)S(=O)(=O)c1ccccc1. The average Bonchev–Trinajstić information content (AvgIpc) is 2.95. The van der Waals surface area contributed by atoms with Crippen LogP contribution in [0.3, 0.4) is 0 Å². The Morgan fingerprint density at radius 3 is 2.13 bits per heavy atom. The molecule has 2 amide bonds.